The van der Waals surface area contributed by atoms with E-state index in [9.17, 15) is 14.4 Å². The van der Waals surface area contributed by atoms with Crippen molar-refractivity contribution in [2.24, 2.45) is 11.7 Å². The number of benzene rings is 2. The molecule has 4 N–H and O–H groups in total. The summed E-state index contributed by atoms with van der Waals surface area (Å²) >= 11 is 31.1. The second-order valence-corrected chi connectivity index (χ2v) is 10.5. The van der Waals surface area contributed by atoms with Gasteiger partial charge in [0.1, 0.15) is 10.0 Å². The van der Waals surface area contributed by atoms with E-state index in [1.807, 2.05) is 0 Å². The van der Waals surface area contributed by atoms with Gasteiger partial charge in [-0.1, -0.05) is 34.8 Å². The summed E-state index contributed by atoms with van der Waals surface area (Å²) in [6.07, 6.45) is 1.29. The fourth-order valence-electron chi connectivity index (χ4n) is 3.63. The van der Waals surface area contributed by atoms with Gasteiger partial charge in [0.25, 0.3) is 11.8 Å². The molecule has 35 heavy (non-hydrogen) atoms. The molecule has 2 atom stereocenters. The highest BCUT2D eigenvalue weighted by molar-refractivity contribution is 6.53. The van der Waals surface area contributed by atoms with Gasteiger partial charge in [0.05, 0.1) is 28.4 Å². The smallest absolute Gasteiger partial charge is 0.267 e. The van der Waals surface area contributed by atoms with Crippen molar-refractivity contribution in [3.05, 3.63) is 86.6 Å². The standard InChI is InChI=1S/C23H15Cl5N4O3/c24-11-5-10(6-12(25)7-11)18-19(23(18,27)28)22(35)31-13-1-3-16(26)15(8-13)21(34)32-14-2-4-17(20(29)33)30-9-14/h1-9,18-19H,(H2,29,33)(H,31,35)(H,32,34). The summed E-state index contributed by atoms with van der Waals surface area (Å²) in [6.45, 7) is 0. The van der Waals surface area contributed by atoms with E-state index in [1.165, 1.54) is 36.5 Å². The molecule has 0 bridgehead atoms. The Kier molecular flexibility index (Phi) is 7.18. The number of rotatable bonds is 6. The predicted molar refractivity (Wildman–Crippen MR) is 138 cm³/mol. The normalized spacial score (nSPS) is 18.0. The molecule has 2 aromatic carbocycles. The topological polar surface area (TPSA) is 114 Å². The van der Waals surface area contributed by atoms with Crippen LogP contribution >= 0.6 is 58.0 Å². The van der Waals surface area contributed by atoms with Crippen molar-refractivity contribution in [1.82, 2.24) is 4.98 Å². The highest BCUT2D eigenvalue weighted by atomic mass is 35.5. The van der Waals surface area contributed by atoms with Gasteiger partial charge in [0, 0.05) is 21.7 Å². The summed E-state index contributed by atoms with van der Waals surface area (Å²) in [4.78, 5) is 40.7. The summed E-state index contributed by atoms with van der Waals surface area (Å²) in [6, 6.07) is 12.1. The molecule has 3 aromatic rings. The van der Waals surface area contributed by atoms with Crippen LogP contribution in [-0.2, 0) is 4.79 Å². The first-order valence-corrected chi connectivity index (χ1v) is 11.9. The minimum Gasteiger partial charge on any atom is -0.364 e. The van der Waals surface area contributed by atoms with Crippen LogP contribution in [-0.4, -0.2) is 27.0 Å². The minimum atomic E-state index is -1.35. The monoisotopic (exact) mass is 570 g/mol. The lowest BCUT2D eigenvalue weighted by Gasteiger charge is -2.10. The first kappa shape index (κ1) is 25.5. The molecule has 1 aliphatic rings. The number of alkyl halides is 2. The van der Waals surface area contributed by atoms with E-state index in [1.54, 1.807) is 18.2 Å². The lowest BCUT2D eigenvalue weighted by atomic mass is 10.1. The Bertz CT molecular complexity index is 1330. The van der Waals surface area contributed by atoms with Gasteiger partial charge >= 0.3 is 0 Å². The van der Waals surface area contributed by atoms with Gasteiger partial charge in [-0.25, -0.2) is 4.98 Å². The number of carbonyl (C=O) groups is 3. The highest BCUT2D eigenvalue weighted by Gasteiger charge is 2.67. The maximum absolute atomic E-state index is 13.0. The number of halogens is 5. The van der Waals surface area contributed by atoms with Crippen molar-refractivity contribution in [2.75, 3.05) is 10.6 Å². The van der Waals surface area contributed by atoms with Gasteiger partial charge in [0.15, 0.2) is 0 Å². The van der Waals surface area contributed by atoms with E-state index >= 15 is 0 Å². The fraction of sp³-hybridized carbons (Fsp3) is 0.130. The van der Waals surface area contributed by atoms with Crippen molar-refractivity contribution in [1.29, 1.82) is 0 Å². The van der Waals surface area contributed by atoms with Gasteiger partial charge in [-0.2, -0.15) is 0 Å². The lowest BCUT2D eigenvalue weighted by Crippen LogP contribution is -2.18. The van der Waals surface area contributed by atoms with E-state index < -0.39 is 33.9 Å². The predicted octanol–water partition coefficient (Wildman–Crippen LogP) is 5.92. The summed E-state index contributed by atoms with van der Waals surface area (Å²) in [5.41, 5.74) is 6.58. The SMILES string of the molecule is NC(=O)c1ccc(NC(=O)c2cc(NC(=O)C3C(c4cc(Cl)cc(Cl)c4)C3(Cl)Cl)ccc2Cl)cn1. The Balaban J connectivity index is 1.49. The molecule has 4 rings (SSSR count). The molecule has 3 amide bonds. The van der Waals surface area contributed by atoms with Crippen LogP contribution in [0.3, 0.4) is 0 Å². The van der Waals surface area contributed by atoms with Crippen LogP contribution in [0.5, 0.6) is 0 Å². The van der Waals surface area contributed by atoms with Gasteiger partial charge in [-0.3, -0.25) is 14.4 Å². The number of nitrogens with one attached hydrogen (secondary N) is 2. The second kappa shape index (κ2) is 9.84. The summed E-state index contributed by atoms with van der Waals surface area (Å²) in [7, 11) is 0. The van der Waals surface area contributed by atoms with Crippen LogP contribution in [0, 0.1) is 5.92 Å². The van der Waals surface area contributed by atoms with Crippen molar-refractivity contribution < 1.29 is 14.4 Å². The summed E-state index contributed by atoms with van der Waals surface area (Å²) in [5, 5.41) is 6.29. The third kappa shape index (κ3) is 5.50. The molecule has 180 valence electrons. The second-order valence-electron chi connectivity index (χ2n) is 7.77. The molecule has 1 fully saturated rings. The number of aromatic nitrogens is 1. The van der Waals surface area contributed by atoms with E-state index in [-0.39, 0.29) is 16.3 Å². The average molecular weight is 573 g/mol. The first-order chi connectivity index (χ1) is 16.5. The molecule has 1 heterocycles. The molecule has 1 saturated carbocycles. The number of nitrogens with zero attached hydrogens (tertiary/aromatic N) is 1. The lowest BCUT2D eigenvalue weighted by molar-refractivity contribution is -0.117. The maximum Gasteiger partial charge on any atom is 0.267 e. The van der Waals surface area contributed by atoms with Crippen LogP contribution in [0.4, 0.5) is 11.4 Å². The summed E-state index contributed by atoms with van der Waals surface area (Å²) in [5.74, 6) is -2.99. The van der Waals surface area contributed by atoms with E-state index in [0.717, 1.165) is 0 Å². The largest absolute Gasteiger partial charge is 0.364 e. The van der Waals surface area contributed by atoms with Crippen LogP contribution in [0.2, 0.25) is 15.1 Å². The number of hydrogen-bond donors (Lipinski definition) is 3. The molecule has 2 unspecified atom stereocenters. The molecule has 7 nitrogen and oxygen atoms in total. The van der Waals surface area contributed by atoms with Crippen molar-refractivity contribution >= 4 is 87.1 Å². The molecule has 12 heteroatoms. The molecule has 1 aromatic heterocycles. The number of carbonyl (C=O) groups excluding carboxylic acids is 3. The van der Waals surface area contributed by atoms with Gasteiger partial charge in [-0.05, 0) is 54.1 Å². The Hall–Kier alpha value is -2.55. The minimum absolute atomic E-state index is 0.0545. The molecular formula is C23H15Cl5N4O3. The Morgan fingerprint density at radius 3 is 2.14 bits per heavy atom. The number of primary amides is 1. The molecule has 0 saturated heterocycles. The van der Waals surface area contributed by atoms with E-state index in [2.05, 4.69) is 15.6 Å². The third-order valence-corrected chi connectivity index (χ3v) is 7.04. The molecular weight excluding hydrogens is 558 g/mol. The van der Waals surface area contributed by atoms with Gasteiger partial charge in [-0.15, -0.1) is 23.2 Å². The Morgan fingerprint density at radius 2 is 1.54 bits per heavy atom. The zero-order chi connectivity index (χ0) is 25.5. The quantitative estimate of drug-likeness (QED) is 0.318. The number of hydrogen-bond acceptors (Lipinski definition) is 4. The van der Waals surface area contributed by atoms with Crippen LogP contribution in [0.15, 0.2) is 54.7 Å². The number of amides is 3. The van der Waals surface area contributed by atoms with Crippen molar-refractivity contribution in [3.63, 3.8) is 0 Å². The average Bonchev–Trinajstić information content (AvgIpc) is 3.36. The highest BCUT2D eigenvalue weighted by Crippen LogP contribution is 2.65. The van der Waals surface area contributed by atoms with Gasteiger partial charge < -0.3 is 16.4 Å². The number of pyridine rings is 1. The summed E-state index contributed by atoms with van der Waals surface area (Å²) < 4.78 is -1.35. The van der Waals surface area contributed by atoms with E-state index in [4.69, 9.17) is 63.7 Å². The fourth-order valence-corrected chi connectivity index (χ4v) is 5.21. The van der Waals surface area contributed by atoms with Crippen LogP contribution in [0.25, 0.3) is 0 Å². The first-order valence-electron chi connectivity index (χ1n) is 9.99. The van der Waals surface area contributed by atoms with Crippen molar-refractivity contribution in [3.8, 4) is 0 Å². The number of anilines is 2. The Labute approximate surface area is 224 Å². The molecule has 1 aliphatic carbocycles. The zero-order valence-corrected chi connectivity index (χ0v) is 21.3. The Morgan fingerprint density at radius 1 is 0.886 bits per heavy atom. The molecule has 0 spiro atoms. The van der Waals surface area contributed by atoms with Crippen LogP contribution < -0.4 is 16.4 Å². The molecule has 0 radical (unpaired) electrons. The maximum atomic E-state index is 13.0. The third-order valence-electron chi connectivity index (χ3n) is 5.33. The number of nitrogens with two attached hydrogens (primary N) is 1. The van der Waals surface area contributed by atoms with Crippen LogP contribution in [0.1, 0.15) is 32.3 Å². The molecule has 0 aliphatic heterocycles. The van der Waals surface area contributed by atoms with Gasteiger partial charge in [0.2, 0.25) is 5.91 Å². The van der Waals surface area contributed by atoms with E-state index in [0.29, 0.717) is 27.0 Å². The van der Waals surface area contributed by atoms with Crippen molar-refractivity contribution in [2.45, 2.75) is 10.3 Å². The zero-order valence-electron chi connectivity index (χ0n) is 17.5.